The van der Waals surface area contributed by atoms with Gasteiger partial charge in [0.2, 0.25) is 0 Å². The molecule has 1 aromatic heterocycles. The number of halogens is 1. The number of hydrogen-bond acceptors (Lipinski definition) is 5. The van der Waals surface area contributed by atoms with Gasteiger partial charge in [-0.05, 0) is 79.4 Å². The maximum Gasteiger partial charge on any atom is 0.188 e. The van der Waals surface area contributed by atoms with Crippen LogP contribution in [0.4, 0.5) is 4.39 Å². The van der Waals surface area contributed by atoms with Crippen molar-refractivity contribution >= 4 is 5.78 Å². The van der Waals surface area contributed by atoms with Crippen molar-refractivity contribution in [3.63, 3.8) is 0 Å². The van der Waals surface area contributed by atoms with Gasteiger partial charge in [-0.15, -0.1) is 0 Å². The molecule has 0 radical (unpaired) electrons. The van der Waals surface area contributed by atoms with E-state index in [9.17, 15) is 9.18 Å². The third-order valence-electron chi connectivity index (χ3n) is 8.84. The summed E-state index contributed by atoms with van der Waals surface area (Å²) in [4.78, 5) is 26.1. The molecule has 2 saturated heterocycles. The Labute approximate surface area is 218 Å². The van der Waals surface area contributed by atoms with E-state index >= 15 is 0 Å². The molecule has 0 amide bonds. The van der Waals surface area contributed by atoms with Gasteiger partial charge in [-0.25, -0.2) is 4.39 Å². The Morgan fingerprint density at radius 3 is 2.59 bits per heavy atom. The summed E-state index contributed by atoms with van der Waals surface area (Å²) in [5.41, 5.74) is 5.59. The Hall–Kier alpha value is -2.93. The van der Waals surface area contributed by atoms with Gasteiger partial charge in [0.1, 0.15) is 11.4 Å². The summed E-state index contributed by atoms with van der Waals surface area (Å²) < 4.78 is 13.9. The number of aryl methyl sites for hydroxylation is 1. The van der Waals surface area contributed by atoms with Crippen LogP contribution in [0.15, 0.2) is 60.9 Å². The fourth-order valence-corrected chi connectivity index (χ4v) is 6.68. The number of carbonyl (C=O) groups is 1. The maximum absolute atomic E-state index is 14.2. The van der Waals surface area contributed by atoms with E-state index in [-0.39, 0.29) is 11.6 Å². The fraction of sp³-hybridized carbons (Fsp3) is 0.419. The highest BCUT2D eigenvalue weighted by atomic mass is 19.1. The first-order valence-electron chi connectivity index (χ1n) is 13.5. The van der Waals surface area contributed by atoms with Crippen molar-refractivity contribution < 1.29 is 9.18 Å². The summed E-state index contributed by atoms with van der Waals surface area (Å²) in [7, 11) is 2.18. The molecule has 5 nitrogen and oxygen atoms in total. The van der Waals surface area contributed by atoms with E-state index in [1.54, 1.807) is 6.07 Å². The van der Waals surface area contributed by atoms with Gasteiger partial charge in [0.05, 0.1) is 0 Å². The van der Waals surface area contributed by atoms with E-state index in [0.29, 0.717) is 12.5 Å². The van der Waals surface area contributed by atoms with Gasteiger partial charge in [0, 0.05) is 63.1 Å². The molecule has 2 fully saturated rings. The van der Waals surface area contributed by atoms with Crippen LogP contribution >= 0.6 is 0 Å². The molecule has 0 spiro atoms. The second kappa shape index (κ2) is 9.75. The molecular weight excluding hydrogens is 463 g/mol. The number of rotatable bonds is 5. The maximum atomic E-state index is 14.2. The molecule has 0 saturated carbocycles. The summed E-state index contributed by atoms with van der Waals surface area (Å²) in [6.07, 6.45) is 6.89. The molecule has 192 valence electrons. The van der Waals surface area contributed by atoms with Gasteiger partial charge in [0.15, 0.2) is 5.78 Å². The summed E-state index contributed by atoms with van der Waals surface area (Å²) in [6.45, 7) is 7.08. The van der Waals surface area contributed by atoms with Crippen molar-refractivity contribution in [1.82, 2.24) is 19.7 Å². The molecule has 0 N–H and O–H groups in total. The molecule has 1 aliphatic carbocycles. The molecule has 3 aromatic rings. The Morgan fingerprint density at radius 2 is 1.84 bits per heavy atom. The average molecular weight is 499 g/mol. The Morgan fingerprint density at radius 1 is 1.03 bits per heavy atom. The zero-order chi connectivity index (χ0) is 25.6. The SMILES string of the molecule is Cc1ccc(F)cc1CN1CCN(C2(c3cncc([C@@H]4CCCN4C)c3)Cc3ccccc3C2=O)CC1. The third kappa shape index (κ3) is 4.31. The van der Waals surface area contributed by atoms with Crippen molar-refractivity contribution in [2.45, 2.75) is 44.3 Å². The van der Waals surface area contributed by atoms with Crippen LogP contribution in [0, 0.1) is 12.7 Å². The van der Waals surface area contributed by atoms with Gasteiger partial charge >= 0.3 is 0 Å². The second-order valence-corrected chi connectivity index (χ2v) is 11.0. The normalized spacial score (nSPS) is 25.1. The number of pyridine rings is 1. The lowest BCUT2D eigenvalue weighted by atomic mass is 9.83. The Kier molecular flexibility index (Phi) is 6.43. The van der Waals surface area contributed by atoms with Crippen LogP contribution in [-0.2, 0) is 18.5 Å². The van der Waals surface area contributed by atoms with Crippen LogP contribution in [0.5, 0.6) is 0 Å². The van der Waals surface area contributed by atoms with Crippen LogP contribution in [0.3, 0.4) is 0 Å². The standard InChI is InChI=1S/C31H35FN4O/c1-22-9-10-27(32)17-25(22)21-35-12-14-36(15-13-35)31(18-23-6-3-4-7-28(23)30(31)37)26-16-24(19-33-20-26)29-8-5-11-34(29)2/h3-4,6-7,9-10,16-17,19-20,29H,5,8,11-15,18,21H2,1-2H3/t29-,31?/m0/s1. The molecule has 2 aliphatic heterocycles. The van der Waals surface area contributed by atoms with Crippen LogP contribution in [-0.4, -0.2) is 65.2 Å². The van der Waals surface area contributed by atoms with Crippen LogP contribution < -0.4 is 0 Å². The number of carbonyl (C=O) groups excluding carboxylic acids is 1. The van der Waals surface area contributed by atoms with E-state index in [1.807, 2.05) is 43.6 Å². The fourth-order valence-electron chi connectivity index (χ4n) is 6.68. The minimum atomic E-state index is -0.731. The van der Waals surface area contributed by atoms with Gasteiger partial charge < -0.3 is 0 Å². The number of piperazine rings is 1. The zero-order valence-corrected chi connectivity index (χ0v) is 21.8. The monoisotopic (exact) mass is 498 g/mol. The molecule has 1 unspecified atom stereocenters. The molecule has 0 bridgehead atoms. The van der Waals surface area contributed by atoms with Crippen LogP contribution in [0.25, 0.3) is 0 Å². The van der Waals surface area contributed by atoms with Crippen molar-refractivity contribution in [1.29, 1.82) is 0 Å². The number of benzene rings is 2. The minimum absolute atomic E-state index is 0.187. The topological polar surface area (TPSA) is 39.7 Å². The lowest BCUT2D eigenvalue weighted by molar-refractivity contribution is 0.0286. The highest BCUT2D eigenvalue weighted by Crippen LogP contribution is 2.44. The summed E-state index contributed by atoms with van der Waals surface area (Å²) in [5.74, 6) is 0.00375. The predicted molar refractivity (Wildman–Crippen MR) is 143 cm³/mol. The van der Waals surface area contributed by atoms with Gasteiger partial charge in [0.25, 0.3) is 0 Å². The molecule has 3 heterocycles. The first-order valence-corrected chi connectivity index (χ1v) is 13.5. The molecule has 6 rings (SSSR count). The van der Waals surface area contributed by atoms with Crippen molar-refractivity contribution in [3.05, 3.63) is 100 Å². The number of ketones is 1. The van der Waals surface area contributed by atoms with Gasteiger partial charge in [-0.3, -0.25) is 24.5 Å². The van der Waals surface area contributed by atoms with Crippen molar-refractivity contribution in [2.75, 3.05) is 39.8 Å². The lowest BCUT2D eigenvalue weighted by Crippen LogP contribution is -2.58. The van der Waals surface area contributed by atoms with Gasteiger partial charge in [-0.2, -0.15) is 0 Å². The molecule has 3 aliphatic rings. The number of Topliss-reactive ketones (excluding diaryl/α,β-unsaturated/α-hetero) is 1. The average Bonchev–Trinajstić information content (AvgIpc) is 3.48. The largest absolute Gasteiger partial charge is 0.299 e. The van der Waals surface area contributed by atoms with E-state index in [2.05, 4.69) is 38.9 Å². The summed E-state index contributed by atoms with van der Waals surface area (Å²) >= 11 is 0. The van der Waals surface area contributed by atoms with E-state index in [1.165, 1.54) is 18.1 Å². The lowest BCUT2D eigenvalue weighted by Gasteiger charge is -2.45. The summed E-state index contributed by atoms with van der Waals surface area (Å²) in [5, 5.41) is 0. The van der Waals surface area contributed by atoms with Crippen LogP contribution in [0.1, 0.15) is 57.1 Å². The number of likely N-dealkylation sites (tertiary alicyclic amines) is 1. The third-order valence-corrected chi connectivity index (χ3v) is 8.84. The zero-order valence-electron chi connectivity index (χ0n) is 21.8. The molecule has 2 atom stereocenters. The molecule has 2 aromatic carbocycles. The quantitative estimate of drug-likeness (QED) is 0.508. The Bertz CT molecular complexity index is 1320. The highest BCUT2D eigenvalue weighted by molar-refractivity contribution is 6.08. The number of aromatic nitrogens is 1. The second-order valence-electron chi connectivity index (χ2n) is 11.0. The molecule has 6 heteroatoms. The Balaban J connectivity index is 1.31. The molecule has 37 heavy (non-hydrogen) atoms. The van der Waals surface area contributed by atoms with Crippen molar-refractivity contribution in [3.8, 4) is 0 Å². The smallest absolute Gasteiger partial charge is 0.188 e. The van der Waals surface area contributed by atoms with Gasteiger partial charge in [-0.1, -0.05) is 30.3 Å². The number of fused-ring (bicyclic) bond motifs is 1. The minimum Gasteiger partial charge on any atom is -0.299 e. The van der Waals surface area contributed by atoms with Crippen LogP contribution in [0.2, 0.25) is 0 Å². The first kappa shape index (κ1) is 24.4. The highest BCUT2D eigenvalue weighted by Gasteiger charge is 2.52. The predicted octanol–water partition coefficient (Wildman–Crippen LogP) is 4.75. The number of nitrogens with zero attached hydrogens (tertiary/aromatic N) is 4. The van der Waals surface area contributed by atoms with E-state index in [0.717, 1.165) is 73.5 Å². The summed E-state index contributed by atoms with van der Waals surface area (Å²) in [6, 6.07) is 15.7. The molecular formula is C31H35FN4O. The van der Waals surface area contributed by atoms with E-state index < -0.39 is 5.54 Å². The van der Waals surface area contributed by atoms with Crippen molar-refractivity contribution in [2.24, 2.45) is 0 Å². The first-order chi connectivity index (χ1) is 18.0. The van der Waals surface area contributed by atoms with E-state index in [4.69, 9.17) is 0 Å². The number of hydrogen-bond donors (Lipinski definition) is 0.